The monoisotopic (exact) mass is 246 g/mol. The molecule has 1 fully saturated rings. The summed E-state index contributed by atoms with van der Waals surface area (Å²) in [6, 6.07) is 6.38. The highest BCUT2D eigenvalue weighted by Gasteiger charge is 2.48. The number of aryl methyl sites for hydroxylation is 2. The van der Waals surface area contributed by atoms with Crippen molar-refractivity contribution in [3.8, 4) is 0 Å². The number of carbonyl (C=O) groups is 1. The molecule has 0 aromatic heterocycles. The van der Waals surface area contributed by atoms with Crippen molar-refractivity contribution in [2.24, 2.45) is 11.1 Å². The Kier molecular flexibility index (Phi) is 3.44. The molecular weight excluding hydrogens is 224 g/mol. The summed E-state index contributed by atoms with van der Waals surface area (Å²) < 4.78 is 0. The Morgan fingerprint density at radius 3 is 2.67 bits per heavy atom. The van der Waals surface area contributed by atoms with Crippen LogP contribution in [0.15, 0.2) is 18.2 Å². The van der Waals surface area contributed by atoms with Crippen molar-refractivity contribution < 1.29 is 4.79 Å². The van der Waals surface area contributed by atoms with E-state index in [1.165, 1.54) is 16.7 Å². The molecule has 0 saturated heterocycles. The van der Waals surface area contributed by atoms with E-state index in [9.17, 15) is 4.79 Å². The van der Waals surface area contributed by atoms with Gasteiger partial charge in [0.15, 0.2) is 0 Å². The molecule has 1 aliphatic rings. The second kappa shape index (κ2) is 4.73. The number of nitrogens with two attached hydrogens (primary N) is 1. The zero-order valence-corrected chi connectivity index (χ0v) is 11.4. The summed E-state index contributed by atoms with van der Waals surface area (Å²) in [6.45, 7) is 6.64. The highest BCUT2D eigenvalue weighted by molar-refractivity contribution is 5.85. The van der Waals surface area contributed by atoms with E-state index < -0.39 is 0 Å². The average Bonchev–Trinajstić information content (AvgIpc) is 3.13. The quantitative estimate of drug-likeness (QED) is 0.856. The van der Waals surface area contributed by atoms with Crippen LogP contribution in [0.4, 0.5) is 0 Å². The predicted octanol–water partition coefficient (Wildman–Crippen LogP) is 2.22. The van der Waals surface area contributed by atoms with Gasteiger partial charge in [0, 0.05) is 6.54 Å². The van der Waals surface area contributed by atoms with E-state index in [1.807, 2.05) is 6.92 Å². The minimum Gasteiger partial charge on any atom is -0.349 e. The predicted molar refractivity (Wildman–Crippen MR) is 73.2 cm³/mol. The number of hydrogen-bond donors (Lipinski definition) is 2. The zero-order chi connectivity index (χ0) is 13.3. The summed E-state index contributed by atoms with van der Waals surface area (Å²) in [6.07, 6.45) is 1.85. The van der Waals surface area contributed by atoms with E-state index in [4.69, 9.17) is 5.73 Å². The van der Waals surface area contributed by atoms with Gasteiger partial charge in [0.05, 0.1) is 11.5 Å². The lowest BCUT2D eigenvalue weighted by Crippen LogP contribution is -2.38. The van der Waals surface area contributed by atoms with Gasteiger partial charge in [-0.2, -0.15) is 0 Å². The second-order valence-corrected chi connectivity index (χ2v) is 5.54. The third-order valence-electron chi connectivity index (χ3n) is 3.97. The molecule has 1 aliphatic carbocycles. The first kappa shape index (κ1) is 13.1. The molecule has 0 bridgehead atoms. The molecule has 18 heavy (non-hydrogen) atoms. The van der Waals surface area contributed by atoms with Gasteiger partial charge in [0.1, 0.15) is 0 Å². The van der Waals surface area contributed by atoms with E-state index in [1.54, 1.807) is 0 Å². The van der Waals surface area contributed by atoms with Crippen molar-refractivity contribution >= 4 is 5.91 Å². The first-order valence-corrected chi connectivity index (χ1v) is 6.57. The van der Waals surface area contributed by atoms with E-state index >= 15 is 0 Å². The fourth-order valence-corrected chi connectivity index (χ4v) is 2.33. The second-order valence-electron chi connectivity index (χ2n) is 5.54. The van der Waals surface area contributed by atoms with Crippen LogP contribution < -0.4 is 11.1 Å². The highest BCUT2D eigenvalue weighted by atomic mass is 16.2. The van der Waals surface area contributed by atoms with Crippen LogP contribution in [-0.2, 0) is 4.79 Å². The average molecular weight is 246 g/mol. The first-order chi connectivity index (χ1) is 8.48. The minimum atomic E-state index is -0.272. The van der Waals surface area contributed by atoms with Crippen LogP contribution in [0.25, 0.3) is 0 Å². The summed E-state index contributed by atoms with van der Waals surface area (Å²) in [5, 5.41) is 3.10. The third-order valence-corrected chi connectivity index (χ3v) is 3.97. The maximum Gasteiger partial charge on any atom is 0.227 e. The SMILES string of the molecule is Cc1ccc(C)c(C(C)NC(=O)C2(CN)CC2)c1. The molecule has 0 heterocycles. The molecule has 1 amide bonds. The summed E-state index contributed by atoms with van der Waals surface area (Å²) in [5.41, 5.74) is 9.03. The molecule has 3 N–H and O–H groups in total. The Labute approximate surface area is 109 Å². The molecular formula is C15H22N2O. The minimum absolute atomic E-state index is 0.0430. The van der Waals surface area contributed by atoms with Gasteiger partial charge in [-0.3, -0.25) is 4.79 Å². The Balaban J connectivity index is 2.10. The smallest absolute Gasteiger partial charge is 0.227 e. The molecule has 0 spiro atoms. The fraction of sp³-hybridized carbons (Fsp3) is 0.533. The number of nitrogens with one attached hydrogen (secondary N) is 1. The van der Waals surface area contributed by atoms with Crippen LogP contribution in [0.5, 0.6) is 0 Å². The van der Waals surface area contributed by atoms with Crippen LogP contribution in [0, 0.1) is 19.3 Å². The van der Waals surface area contributed by atoms with Crippen molar-refractivity contribution in [1.29, 1.82) is 0 Å². The topological polar surface area (TPSA) is 55.1 Å². The van der Waals surface area contributed by atoms with Crippen molar-refractivity contribution in [2.45, 2.75) is 39.7 Å². The normalized spacial score (nSPS) is 18.2. The molecule has 1 atom stereocenters. The van der Waals surface area contributed by atoms with Gasteiger partial charge in [-0.15, -0.1) is 0 Å². The molecule has 2 rings (SSSR count). The Morgan fingerprint density at radius 2 is 2.11 bits per heavy atom. The molecule has 1 unspecified atom stereocenters. The fourth-order valence-electron chi connectivity index (χ4n) is 2.33. The Bertz CT molecular complexity index is 464. The van der Waals surface area contributed by atoms with Gasteiger partial charge in [0.2, 0.25) is 5.91 Å². The largest absolute Gasteiger partial charge is 0.349 e. The van der Waals surface area contributed by atoms with Crippen molar-refractivity contribution in [2.75, 3.05) is 6.54 Å². The lowest BCUT2D eigenvalue weighted by molar-refractivity contribution is -0.126. The maximum atomic E-state index is 12.1. The van der Waals surface area contributed by atoms with Crippen molar-refractivity contribution in [1.82, 2.24) is 5.32 Å². The summed E-state index contributed by atoms with van der Waals surface area (Å²) in [5.74, 6) is 0.110. The molecule has 1 saturated carbocycles. The van der Waals surface area contributed by atoms with E-state index in [0.29, 0.717) is 6.54 Å². The lowest BCUT2D eigenvalue weighted by Gasteiger charge is -2.20. The standard InChI is InChI=1S/C15H22N2O/c1-10-4-5-11(2)13(8-10)12(3)17-14(18)15(9-16)6-7-15/h4-5,8,12H,6-7,9,16H2,1-3H3,(H,17,18). The number of benzene rings is 1. The lowest BCUT2D eigenvalue weighted by atomic mass is 9.98. The van der Waals surface area contributed by atoms with E-state index in [-0.39, 0.29) is 17.4 Å². The Morgan fingerprint density at radius 1 is 1.44 bits per heavy atom. The van der Waals surface area contributed by atoms with Gasteiger partial charge in [0.25, 0.3) is 0 Å². The Hall–Kier alpha value is -1.35. The number of amides is 1. The molecule has 98 valence electrons. The molecule has 3 heteroatoms. The van der Waals surface area contributed by atoms with Gasteiger partial charge >= 0.3 is 0 Å². The number of rotatable bonds is 4. The van der Waals surface area contributed by atoms with Crippen LogP contribution in [0.1, 0.15) is 42.5 Å². The van der Waals surface area contributed by atoms with Gasteiger partial charge in [-0.1, -0.05) is 23.8 Å². The first-order valence-electron chi connectivity index (χ1n) is 6.57. The van der Waals surface area contributed by atoms with Gasteiger partial charge < -0.3 is 11.1 Å². The number of carbonyl (C=O) groups excluding carboxylic acids is 1. The van der Waals surface area contributed by atoms with Crippen LogP contribution in [0.2, 0.25) is 0 Å². The zero-order valence-electron chi connectivity index (χ0n) is 11.4. The van der Waals surface area contributed by atoms with Gasteiger partial charge in [-0.05, 0) is 44.7 Å². The van der Waals surface area contributed by atoms with Crippen LogP contribution in [0.3, 0.4) is 0 Å². The van der Waals surface area contributed by atoms with E-state index in [0.717, 1.165) is 12.8 Å². The highest BCUT2D eigenvalue weighted by Crippen LogP contribution is 2.45. The van der Waals surface area contributed by atoms with Crippen LogP contribution in [-0.4, -0.2) is 12.5 Å². The van der Waals surface area contributed by atoms with Gasteiger partial charge in [-0.25, -0.2) is 0 Å². The number of hydrogen-bond acceptors (Lipinski definition) is 2. The molecule has 0 aliphatic heterocycles. The molecule has 0 radical (unpaired) electrons. The van der Waals surface area contributed by atoms with E-state index in [2.05, 4.69) is 37.4 Å². The summed E-state index contributed by atoms with van der Waals surface area (Å²) in [7, 11) is 0. The summed E-state index contributed by atoms with van der Waals surface area (Å²) >= 11 is 0. The van der Waals surface area contributed by atoms with Crippen molar-refractivity contribution in [3.05, 3.63) is 34.9 Å². The van der Waals surface area contributed by atoms with Crippen LogP contribution >= 0.6 is 0 Å². The third kappa shape index (κ3) is 2.41. The summed E-state index contributed by atoms with van der Waals surface area (Å²) in [4.78, 5) is 12.1. The van der Waals surface area contributed by atoms with Crippen molar-refractivity contribution in [3.63, 3.8) is 0 Å². The maximum absolute atomic E-state index is 12.1. The molecule has 3 nitrogen and oxygen atoms in total. The molecule has 1 aromatic rings. The molecule has 1 aromatic carbocycles.